The molecule has 2 aromatic carbocycles. The summed E-state index contributed by atoms with van der Waals surface area (Å²) >= 11 is 0. The lowest BCUT2D eigenvalue weighted by atomic mass is 10.1. The van der Waals surface area contributed by atoms with Crippen LogP contribution >= 0.6 is 0 Å². The Kier molecular flexibility index (Phi) is 3.24. The van der Waals surface area contributed by atoms with Crippen LogP contribution in [-0.2, 0) is 6.42 Å². The van der Waals surface area contributed by atoms with Crippen LogP contribution in [0.15, 0.2) is 48.5 Å². The summed E-state index contributed by atoms with van der Waals surface area (Å²) in [4.78, 5) is 12.1. The van der Waals surface area contributed by atoms with E-state index in [0.29, 0.717) is 6.42 Å². The molecule has 0 spiro atoms. The average molecular weight is 271 g/mol. The number of hydrogen-bond acceptors (Lipinski definition) is 2. The standard InChI is InChI=1S/C16H14FNO2/c17-12-6-3-5-11(8-12)16(20)18-15-13-7-2-1-4-10(13)9-14(15)19/h1-8,14-15,19H,9H2,(H,18,20). The molecule has 0 saturated carbocycles. The molecule has 1 aliphatic rings. The zero-order valence-corrected chi connectivity index (χ0v) is 10.7. The molecular weight excluding hydrogens is 257 g/mol. The third-order valence-electron chi connectivity index (χ3n) is 3.58. The van der Waals surface area contributed by atoms with Gasteiger partial charge in [0.05, 0.1) is 12.1 Å². The Balaban J connectivity index is 1.83. The quantitative estimate of drug-likeness (QED) is 0.880. The minimum Gasteiger partial charge on any atom is -0.390 e. The second-order valence-corrected chi connectivity index (χ2v) is 4.93. The first-order valence-corrected chi connectivity index (χ1v) is 6.47. The molecule has 2 aromatic rings. The summed E-state index contributed by atoms with van der Waals surface area (Å²) in [5, 5.41) is 12.8. The van der Waals surface area contributed by atoms with Gasteiger partial charge in [-0.2, -0.15) is 0 Å². The van der Waals surface area contributed by atoms with Crippen molar-refractivity contribution in [3.05, 3.63) is 71.0 Å². The van der Waals surface area contributed by atoms with Crippen molar-refractivity contribution in [1.29, 1.82) is 0 Å². The Labute approximate surface area is 116 Å². The maximum absolute atomic E-state index is 13.1. The SMILES string of the molecule is O=C(NC1c2ccccc2CC1O)c1cccc(F)c1. The summed E-state index contributed by atoms with van der Waals surface area (Å²) in [7, 11) is 0. The van der Waals surface area contributed by atoms with Crippen molar-refractivity contribution in [2.75, 3.05) is 0 Å². The van der Waals surface area contributed by atoms with Gasteiger partial charge in [-0.1, -0.05) is 30.3 Å². The molecular formula is C16H14FNO2. The molecule has 4 heteroatoms. The van der Waals surface area contributed by atoms with Gasteiger partial charge in [-0.05, 0) is 29.3 Å². The Morgan fingerprint density at radius 2 is 2.00 bits per heavy atom. The minimum atomic E-state index is -0.648. The van der Waals surface area contributed by atoms with Crippen molar-refractivity contribution < 1.29 is 14.3 Å². The van der Waals surface area contributed by atoms with Gasteiger partial charge in [-0.25, -0.2) is 4.39 Å². The van der Waals surface area contributed by atoms with Gasteiger partial charge in [-0.3, -0.25) is 4.79 Å². The zero-order chi connectivity index (χ0) is 14.1. The molecule has 0 aromatic heterocycles. The van der Waals surface area contributed by atoms with Crippen molar-refractivity contribution in [2.45, 2.75) is 18.6 Å². The van der Waals surface area contributed by atoms with Crippen molar-refractivity contribution in [3.63, 3.8) is 0 Å². The Morgan fingerprint density at radius 1 is 1.20 bits per heavy atom. The van der Waals surface area contributed by atoms with E-state index in [4.69, 9.17) is 0 Å². The molecule has 2 atom stereocenters. The number of benzene rings is 2. The maximum atomic E-state index is 13.1. The fourth-order valence-electron chi connectivity index (χ4n) is 2.60. The topological polar surface area (TPSA) is 49.3 Å². The molecule has 0 radical (unpaired) electrons. The predicted molar refractivity (Wildman–Crippen MR) is 72.8 cm³/mol. The van der Waals surface area contributed by atoms with Crippen molar-refractivity contribution >= 4 is 5.91 Å². The highest BCUT2D eigenvalue weighted by Crippen LogP contribution is 2.31. The molecule has 0 fully saturated rings. The molecule has 2 N–H and O–H groups in total. The molecule has 0 bridgehead atoms. The summed E-state index contributed by atoms with van der Waals surface area (Å²) in [6.07, 6.45) is -0.130. The molecule has 20 heavy (non-hydrogen) atoms. The lowest BCUT2D eigenvalue weighted by Crippen LogP contribution is -2.33. The highest BCUT2D eigenvalue weighted by Gasteiger charge is 2.31. The second kappa shape index (κ2) is 5.06. The third kappa shape index (κ3) is 2.30. The van der Waals surface area contributed by atoms with Crippen LogP contribution in [0.1, 0.15) is 27.5 Å². The summed E-state index contributed by atoms with van der Waals surface area (Å²) in [5.41, 5.74) is 2.20. The second-order valence-electron chi connectivity index (χ2n) is 4.93. The number of nitrogens with one attached hydrogen (secondary N) is 1. The number of hydrogen-bond donors (Lipinski definition) is 2. The molecule has 3 nitrogen and oxygen atoms in total. The number of amides is 1. The smallest absolute Gasteiger partial charge is 0.251 e. The first kappa shape index (κ1) is 12.8. The van der Waals surface area contributed by atoms with Gasteiger partial charge < -0.3 is 10.4 Å². The first-order chi connectivity index (χ1) is 9.65. The highest BCUT2D eigenvalue weighted by molar-refractivity contribution is 5.94. The monoisotopic (exact) mass is 271 g/mol. The van der Waals surface area contributed by atoms with E-state index in [1.54, 1.807) is 6.07 Å². The maximum Gasteiger partial charge on any atom is 0.251 e. The van der Waals surface area contributed by atoms with Crippen LogP contribution in [0.5, 0.6) is 0 Å². The number of aliphatic hydroxyl groups excluding tert-OH is 1. The number of carbonyl (C=O) groups is 1. The fraction of sp³-hybridized carbons (Fsp3) is 0.188. The zero-order valence-electron chi connectivity index (χ0n) is 10.7. The molecule has 1 aliphatic carbocycles. The molecule has 0 saturated heterocycles. The number of rotatable bonds is 2. The van der Waals surface area contributed by atoms with E-state index >= 15 is 0 Å². The molecule has 102 valence electrons. The van der Waals surface area contributed by atoms with Gasteiger partial charge in [0.2, 0.25) is 0 Å². The molecule has 0 heterocycles. The number of aliphatic hydroxyl groups is 1. The van der Waals surface area contributed by atoms with Gasteiger partial charge in [0.25, 0.3) is 5.91 Å². The summed E-state index contributed by atoms with van der Waals surface area (Å²) in [6, 6.07) is 12.7. The van der Waals surface area contributed by atoms with Crippen molar-refractivity contribution in [1.82, 2.24) is 5.32 Å². The molecule has 0 aliphatic heterocycles. The van der Waals surface area contributed by atoms with Crippen LogP contribution in [0.2, 0.25) is 0 Å². The summed E-state index contributed by atoms with van der Waals surface area (Å²) in [5.74, 6) is -0.838. The van der Waals surface area contributed by atoms with Gasteiger partial charge >= 0.3 is 0 Å². The van der Waals surface area contributed by atoms with Crippen molar-refractivity contribution in [3.8, 4) is 0 Å². The van der Waals surface area contributed by atoms with Gasteiger partial charge in [0.1, 0.15) is 5.82 Å². The lowest BCUT2D eigenvalue weighted by molar-refractivity contribution is 0.0858. The van der Waals surface area contributed by atoms with Gasteiger partial charge in [-0.15, -0.1) is 0 Å². The largest absolute Gasteiger partial charge is 0.390 e. The van der Waals surface area contributed by atoms with E-state index in [0.717, 1.165) is 11.1 Å². The van der Waals surface area contributed by atoms with Crippen LogP contribution in [0.4, 0.5) is 4.39 Å². The predicted octanol–water partition coefficient (Wildman–Crippen LogP) is 2.21. The average Bonchev–Trinajstić information content (AvgIpc) is 2.75. The first-order valence-electron chi connectivity index (χ1n) is 6.47. The molecule has 1 amide bonds. The normalized spacial score (nSPS) is 20.5. The van der Waals surface area contributed by atoms with Crippen LogP contribution in [0.25, 0.3) is 0 Å². The lowest BCUT2D eigenvalue weighted by Gasteiger charge is -2.18. The number of fused-ring (bicyclic) bond motifs is 1. The Bertz CT molecular complexity index is 656. The van der Waals surface area contributed by atoms with E-state index in [2.05, 4.69) is 5.32 Å². The summed E-state index contributed by atoms with van der Waals surface area (Å²) < 4.78 is 13.1. The van der Waals surface area contributed by atoms with Crippen LogP contribution in [-0.4, -0.2) is 17.1 Å². The van der Waals surface area contributed by atoms with E-state index in [1.807, 2.05) is 24.3 Å². The van der Waals surface area contributed by atoms with E-state index in [1.165, 1.54) is 18.2 Å². The summed E-state index contributed by atoms with van der Waals surface area (Å²) in [6.45, 7) is 0. The fourth-order valence-corrected chi connectivity index (χ4v) is 2.60. The number of halogens is 1. The number of carbonyl (C=O) groups excluding carboxylic acids is 1. The minimum absolute atomic E-state index is 0.251. The Morgan fingerprint density at radius 3 is 2.80 bits per heavy atom. The van der Waals surface area contributed by atoms with Crippen LogP contribution in [0, 0.1) is 5.82 Å². The highest BCUT2D eigenvalue weighted by atomic mass is 19.1. The molecule has 2 unspecified atom stereocenters. The van der Waals surface area contributed by atoms with Crippen molar-refractivity contribution in [2.24, 2.45) is 0 Å². The van der Waals surface area contributed by atoms with Crippen LogP contribution < -0.4 is 5.32 Å². The van der Waals surface area contributed by atoms with Gasteiger partial charge in [0.15, 0.2) is 0 Å². The molecule has 3 rings (SSSR count). The Hall–Kier alpha value is -2.20. The third-order valence-corrected chi connectivity index (χ3v) is 3.58. The van der Waals surface area contributed by atoms with E-state index in [9.17, 15) is 14.3 Å². The van der Waals surface area contributed by atoms with E-state index in [-0.39, 0.29) is 11.5 Å². The van der Waals surface area contributed by atoms with Gasteiger partial charge in [0, 0.05) is 12.0 Å². The van der Waals surface area contributed by atoms with E-state index < -0.39 is 18.0 Å². The van der Waals surface area contributed by atoms with Crippen LogP contribution in [0.3, 0.4) is 0 Å².